The lowest BCUT2D eigenvalue weighted by atomic mass is 10.2. The van der Waals surface area contributed by atoms with Crippen molar-refractivity contribution in [3.8, 4) is 5.75 Å². The van der Waals surface area contributed by atoms with Gasteiger partial charge in [-0.1, -0.05) is 17.7 Å². The first kappa shape index (κ1) is 14.0. The van der Waals surface area contributed by atoms with E-state index < -0.39 is 0 Å². The van der Waals surface area contributed by atoms with Crippen LogP contribution >= 0.6 is 11.6 Å². The van der Waals surface area contributed by atoms with Crippen LogP contribution in [0.2, 0.25) is 5.02 Å². The average molecular weight is 280 g/mol. The summed E-state index contributed by atoms with van der Waals surface area (Å²) in [6, 6.07) is 9.50. The fourth-order valence-corrected chi connectivity index (χ4v) is 1.93. The van der Waals surface area contributed by atoms with Crippen molar-refractivity contribution in [2.45, 2.75) is 26.5 Å². The molecule has 0 radical (unpaired) electrons. The van der Waals surface area contributed by atoms with Crippen molar-refractivity contribution in [3.05, 3.63) is 52.9 Å². The summed E-state index contributed by atoms with van der Waals surface area (Å²) in [5.74, 6) is 1.76. The molecule has 1 heterocycles. The fourth-order valence-electron chi connectivity index (χ4n) is 1.77. The molecule has 0 saturated carbocycles. The van der Waals surface area contributed by atoms with Crippen LogP contribution < -0.4 is 10.1 Å². The van der Waals surface area contributed by atoms with Gasteiger partial charge in [0.25, 0.3) is 0 Å². The molecule has 19 heavy (non-hydrogen) atoms. The first-order chi connectivity index (χ1) is 9.15. The number of rotatable bonds is 6. The molecule has 0 amide bonds. The van der Waals surface area contributed by atoms with Crippen LogP contribution in [0.15, 0.2) is 41.0 Å². The Morgan fingerprint density at radius 1 is 1.37 bits per heavy atom. The van der Waals surface area contributed by atoms with Gasteiger partial charge in [0.2, 0.25) is 0 Å². The van der Waals surface area contributed by atoms with E-state index in [4.69, 9.17) is 20.8 Å². The van der Waals surface area contributed by atoms with Crippen LogP contribution in [-0.4, -0.2) is 12.6 Å². The van der Waals surface area contributed by atoms with Crippen LogP contribution in [0.25, 0.3) is 0 Å². The Morgan fingerprint density at radius 3 is 2.95 bits per heavy atom. The number of halogens is 1. The number of nitrogens with one attached hydrogen (secondary N) is 1. The first-order valence-electron chi connectivity index (χ1n) is 6.31. The highest BCUT2D eigenvalue weighted by Crippen LogP contribution is 2.23. The third-order valence-electron chi connectivity index (χ3n) is 2.79. The Kier molecular flexibility index (Phi) is 4.88. The molecule has 4 heteroatoms. The van der Waals surface area contributed by atoms with Gasteiger partial charge < -0.3 is 14.5 Å². The highest BCUT2D eigenvalue weighted by Gasteiger charge is 2.07. The van der Waals surface area contributed by atoms with Gasteiger partial charge in [-0.05, 0) is 43.7 Å². The number of furan rings is 1. The third kappa shape index (κ3) is 4.30. The topological polar surface area (TPSA) is 34.4 Å². The van der Waals surface area contributed by atoms with E-state index in [1.54, 1.807) is 6.26 Å². The predicted octanol–water partition coefficient (Wildman–Crippen LogP) is 3.80. The summed E-state index contributed by atoms with van der Waals surface area (Å²) < 4.78 is 11.1. The lowest BCUT2D eigenvalue weighted by Gasteiger charge is -2.17. The molecule has 102 valence electrons. The van der Waals surface area contributed by atoms with Gasteiger partial charge in [0.15, 0.2) is 0 Å². The molecule has 2 aromatic rings. The molecule has 0 fully saturated rings. The van der Waals surface area contributed by atoms with Crippen molar-refractivity contribution >= 4 is 11.6 Å². The molecule has 0 aliphatic carbocycles. The summed E-state index contributed by atoms with van der Waals surface area (Å²) in [5.41, 5.74) is 1.09. The fraction of sp³-hybridized carbons (Fsp3) is 0.333. The summed E-state index contributed by atoms with van der Waals surface area (Å²) in [7, 11) is 0. The number of aryl methyl sites for hydroxylation is 1. The van der Waals surface area contributed by atoms with E-state index >= 15 is 0 Å². The molecule has 1 aromatic carbocycles. The van der Waals surface area contributed by atoms with Gasteiger partial charge in [0.1, 0.15) is 17.6 Å². The van der Waals surface area contributed by atoms with Gasteiger partial charge in [-0.2, -0.15) is 0 Å². The van der Waals surface area contributed by atoms with Crippen molar-refractivity contribution < 1.29 is 9.15 Å². The van der Waals surface area contributed by atoms with E-state index in [9.17, 15) is 0 Å². The van der Waals surface area contributed by atoms with Gasteiger partial charge >= 0.3 is 0 Å². The van der Waals surface area contributed by atoms with Crippen LogP contribution in [0, 0.1) is 6.92 Å². The zero-order chi connectivity index (χ0) is 13.7. The molecule has 1 atom stereocenters. The maximum atomic E-state index is 5.96. The Morgan fingerprint density at radius 2 is 2.21 bits per heavy atom. The minimum atomic E-state index is 0.0622. The van der Waals surface area contributed by atoms with Crippen molar-refractivity contribution in [1.29, 1.82) is 0 Å². The molecular formula is C15H18ClNO2. The summed E-state index contributed by atoms with van der Waals surface area (Å²) in [4.78, 5) is 0. The summed E-state index contributed by atoms with van der Waals surface area (Å²) >= 11 is 5.96. The van der Waals surface area contributed by atoms with Crippen LogP contribution in [0.1, 0.15) is 18.2 Å². The van der Waals surface area contributed by atoms with Crippen molar-refractivity contribution in [2.75, 3.05) is 6.54 Å². The smallest absolute Gasteiger partial charge is 0.124 e. The number of ether oxygens (including phenoxy) is 1. The van der Waals surface area contributed by atoms with Gasteiger partial charge in [-0.15, -0.1) is 0 Å². The number of benzene rings is 1. The maximum absolute atomic E-state index is 5.96. The van der Waals surface area contributed by atoms with Crippen molar-refractivity contribution in [3.63, 3.8) is 0 Å². The summed E-state index contributed by atoms with van der Waals surface area (Å²) in [6.07, 6.45) is 1.74. The van der Waals surface area contributed by atoms with E-state index in [-0.39, 0.29) is 6.10 Å². The molecule has 1 aromatic heterocycles. The zero-order valence-corrected chi connectivity index (χ0v) is 11.9. The van der Waals surface area contributed by atoms with Crippen LogP contribution in [0.3, 0.4) is 0 Å². The molecule has 1 unspecified atom stereocenters. The molecule has 3 nitrogen and oxygen atoms in total. The number of hydrogen-bond donors (Lipinski definition) is 1. The first-order valence-corrected chi connectivity index (χ1v) is 6.69. The largest absolute Gasteiger partial charge is 0.489 e. The standard InChI is InChI=1S/C15H18ClNO2/c1-11-5-6-13(16)8-15(11)19-12(2)9-17-10-14-4-3-7-18-14/h3-8,12,17H,9-10H2,1-2H3. The molecule has 0 aliphatic heterocycles. The second-order valence-electron chi connectivity index (χ2n) is 4.55. The van der Waals surface area contributed by atoms with Gasteiger partial charge in [0.05, 0.1) is 12.8 Å². The minimum absolute atomic E-state index is 0.0622. The van der Waals surface area contributed by atoms with E-state index in [0.717, 1.165) is 23.6 Å². The second kappa shape index (κ2) is 6.64. The van der Waals surface area contributed by atoms with Crippen molar-refractivity contribution in [2.24, 2.45) is 0 Å². The molecule has 0 spiro atoms. The SMILES string of the molecule is Cc1ccc(Cl)cc1OC(C)CNCc1ccco1. The lowest BCUT2D eigenvalue weighted by Crippen LogP contribution is -2.28. The van der Waals surface area contributed by atoms with Gasteiger partial charge in [-0.3, -0.25) is 0 Å². The average Bonchev–Trinajstić information content (AvgIpc) is 2.87. The Balaban J connectivity index is 1.80. The van der Waals surface area contributed by atoms with E-state index in [2.05, 4.69) is 5.32 Å². The predicted molar refractivity (Wildman–Crippen MR) is 76.7 cm³/mol. The Hall–Kier alpha value is -1.45. The summed E-state index contributed by atoms with van der Waals surface area (Å²) in [6.45, 7) is 5.48. The molecule has 0 bridgehead atoms. The molecule has 0 saturated heterocycles. The zero-order valence-electron chi connectivity index (χ0n) is 11.2. The lowest BCUT2D eigenvalue weighted by molar-refractivity contribution is 0.214. The third-order valence-corrected chi connectivity index (χ3v) is 3.02. The maximum Gasteiger partial charge on any atom is 0.124 e. The Labute approximate surface area is 118 Å². The monoisotopic (exact) mass is 279 g/mol. The molecule has 0 aliphatic rings. The molecular weight excluding hydrogens is 262 g/mol. The molecule has 1 N–H and O–H groups in total. The van der Waals surface area contributed by atoms with Crippen LogP contribution in [-0.2, 0) is 6.54 Å². The minimum Gasteiger partial charge on any atom is -0.489 e. The second-order valence-corrected chi connectivity index (χ2v) is 4.98. The Bertz CT molecular complexity index is 511. The quantitative estimate of drug-likeness (QED) is 0.873. The van der Waals surface area contributed by atoms with E-state index in [0.29, 0.717) is 11.6 Å². The van der Waals surface area contributed by atoms with Gasteiger partial charge in [-0.25, -0.2) is 0 Å². The highest BCUT2D eigenvalue weighted by atomic mass is 35.5. The van der Waals surface area contributed by atoms with Crippen molar-refractivity contribution in [1.82, 2.24) is 5.32 Å². The van der Waals surface area contributed by atoms with Gasteiger partial charge in [0, 0.05) is 11.6 Å². The normalized spacial score (nSPS) is 12.4. The highest BCUT2D eigenvalue weighted by molar-refractivity contribution is 6.30. The van der Waals surface area contributed by atoms with Crippen LogP contribution in [0.5, 0.6) is 5.75 Å². The molecule has 2 rings (SSSR count). The van der Waals surface area contributed by atoms with E-state index in [1.807, 2.05) is 44.2 Å². The van der Waals surface area contributed by atoms with E-state index in [1.165, 1.54) is 0 Å². The summed E-state index contributed by atoms with van der Waals surface area (Å²) in [5, 5.41) is 3.98. The van der Waals surface area contributed by atoms with Crippen LogP contribution in [0.4, 0.5) is 0 Å². The number of hydrogen-bond acceptors (Lipinski definition) is 3.